The molecule has 1 amide bonds. The van der Waals surface area contributed by atoms with Crippen molar-refractivity contribution < 1.29 is 4.79 Å². The fourth-order valence-electron chi connectivity index (χ4n) is 3.00. The van der Waals surface area contributed by atoms with Gasteiger partial charge in [-0.3, -0.25) is 9.78 Å². The molecule has 2 N–H and O–H groups in total. The van der Waals surface area contributed by atoms with Gasteiger partial charge in [-0.25, -0.2) is 0 Å². The first-order valence-corrected chi connectivity index (χ1v) is 7.90. The molecule has 0 saturated heterocycles. The van der Waals surface area contributed by atoms with Crippen molar-refractivity contribution in [3.63, 3.8) is 0 Å². The number of carbonyl (C=O) groups excluding carboxylic acids is 1. The van der Waals surface area contributed by atoms with Crippen molar-refractivity contribution in [2.24, 2.45) is 11.7 Å². The smallest absolute Gasteiger partial charge is 0.226 e. The summed E-state index contributed by atoms with van der Waals surface area (Å²) in [5.41, 5.74) is 7.62. The molecule has 1 aliphatic rings. The van der Waals surface area contributed by atoms with E-state index >= 15 is 0 Å². The first kappa shape index (κ1) is 16.2. The molecule has 3 nitrogen and oxygen atoms in total. The quantitative estimate of drug-likeness (QED) is 0.935. The molecule has 0 radical (unpaired) electrons. The minimum atomic E-state index is -0.236. The van der Waals surface area contributed by atoms with Gasteiger partial charge in [-0.2, -0.15) is 0 Å². The lowest BCUT2D eigenvalue weighted by molar-refractivity contribution is -0.120. The van der Waals surface area contributed by atoms with Crippen LogP contribution >= 0.6 is 0 Å². The number of aryl methyl sites for hydroxylation is 1. The second-order valence-electron chi connectivity index (χ2n) is 5.83. The van der Waals surface area contributed by atoms with Gasteiger partial charge >= 0.3 is 0 Å². The summed E-state index contributed by atoms with van der Waals surface area (Å²) < 4.78 is 0. The summed E-state index contributed by atoms with van der Waals surface area (Å²) in [4.78, 5) is 15.7. The van der Waals surface area contributed by atoms with Crippen molar-refractivity contribution in [2.75, 3.05) is 0 Å². The van der Waals surface area contributed by atoms with Crippen LogP contribution in [0.15, 0.2) is 54.7 Å². The molecule has 1 aromatic carbocycles. The summed E-state index contributed by atoms with van der Waals surface area (Å²) >= 11 is 0. The Morgan fingerprint density at radius 2 is 1.73 bits per heavy atom. The van der Waals surface area contributed by atoms with E-state index in [1.54, 1.807) is 6.20 Å². The van der Waals surface area contributed by atoms with Crippen molar-refractivity contribution >= 4 is 5.91 Å². The maximum Gasteiger partial charge on any atom is 0.226 e. The lowest BCUT2D eigenvalue weighted by Gasteiger charge is -2.19. The number of hydrogen-bond acceptors (Lipinski definition) is 2. The van der Waals surface area contributed by atoms with Gasteiger partial charge in [0.25, 0.3) is 0 Å². The van der Waals surface area contributed by atoms with Gasteiger partial charge in [0, 0.05) is 6.20 Å². The molecule has 0 spiro atoms. The first-order chi connectivity index (χ1) is 10.7. The van der Waals surface area contributed by atoms with E-state index < -0.39 is 0 Å². The third-order valence-corrected chi connectivity index (χ3v) is 4.12. The van der Waals surface area contributed by atoms with Crippen LogP contribution in [-0.4, -0.2) is 10.9 Å². The fourth-order valence-corrected chi connectivity index (χ4v) is 3.00. The summed E-state index contributed by atoms with van der Waals surface area (Å²) in [5, 5.41) is 0. The number of hydrogen-bond donors (Lipinski definition) is 1. The van der Waals surface area contributed by atoms with E-state index in [9.17, 15) is 4.79 Å². The predicted octanol–water partition coefficient (Wildman–Crippen LogP) is 3.84. The Hall–Kier alpha value is -2.16. The van der Waals surface area contributed by atoms with Crippen molar-refractivity contribution in [3.05, 3.63) is 66.0 Å². The second-order valence-corrected chi connectivity index (χ2v) is 5.83. The van der Waals surface area contributed by atoms with Crippen LogP contribution in [0.5, 0.6) is 0 Å². The van der Waals surface area contributed by atoms with Gasteiger partial charge in [-0.05, 0) is 37.8 Å². The molecule has 3 heteroatoms. The molecule has 1 aromatic heterocycles. The Labute approximate surface area is 132 Å². The summed E-state index contributed by atoms with van der Waals surface area (Å²) in [7, 11) is 0. The zero-order valence-electron chi connectivity index (χ0n) is 13.1. The second kappa shape index (κ2) is 8.32. The Morgan fingerprint density at radius 3 is 2.18 bits per heavy atom. The van der Waals surface area contributed by atoms with Gasteiger partial charge in [-0.1, -0.05) is 54.8 Å². The number of amides is 1. The molecular formula is C19H24N2O. The van der Waals surface area contributed by atoms with Crippen LogP contribution in [0.2, 0.25) is 0 Å². The van der Waals surface area contributed by atoms with Crippen LogP contribution in [-0.2, 0) is 4.79 Å². The predicted molar refractivity (Wildman–Crippen MR) is 89.3 cm³/mol. The highest BCUT2D eigenvalue weighted by atomic mass is 16.1. The standard InChI is InChI=1S/C12H16N2O.C7H8/c13-12(15)11(9-5-1-2-6-9)10-7-3-4-8-14-10;1-7-5-3-2-4-6-7/h3-4,7-9,11H,1-2,5-6H2,(H2,13,15);2-6H,1H3. The van der Waals surface area contributed by atoms with E-state index in [2.05, 4.69) is 24.0 Å². The lowest BCUT2D eigenvalue weighted by atomic mass is 9.87. The average molecular weight is 296 g/mol. The van der Waals surface area contributed by atoms with Crippen LogP contribution < -0.4 is 5.73 Å². The Morgan fingerprint density at radius 1 is 1.09 bits per heavy atom. The highest BCUT2D eigenvalue weighted by molar-refractivity contribution is 5.81. The largest absolute Gasteiger partial charge is 0.369 e. The Bertz CT molecular complexity index is 563. The summed E-state index contributed by atoms with van der Waals surface area (Å²) in [6, 6.07) is 15.9. The molecule has 1 heterocycles. The van der Waals surface area contributed by atoms with Crippen LogP contribution in [0, 0.1) is 12.8 Å². The number of benzene rings is 1. The van der Waals surface area contributed by atoms with Crippen LogP contribution in [0.4, 0.5) is 0 Å². The van der Waals surface area contributed by atoms with Crippen LogP contribution in [0.1, 0.15) is 42.9 Å². The fraction of sp³-hybridized carbons (Fsp3) is 0.368. The summed E-state index contributed by atoms with van der Waals surface area (Å²) in [6.07, 6.45) is 6.34. The van der Waals surface area contributed by atoms with Gasteiger partial charge in [0.1, 0.15) is 0 Å². The molecule has 1 unspecified atom stereocenters. The average Bonchev–Trinajstić information content (AvgIpc) is 3.03. The van der Waals surface area contributed by atoms with Crippen LogP contribution in [0.25, 0.3) is 0 Å². The SMILES string of the molecule is Cc1ccccc1.NC(=O)C(c1ccccn1)C1CCCC1. The van der Waals surface area contributed by atoms with Gasteiger partial charge in [0.2, 0.25) is 5.91 Å². The monoisotopic (exact) mass is 296 g/mol. The molecule has 1 saturated carbocycles. The van der Waals surface area contributed by atoms with E-state index in [0.29, 0.717) is 5.92 Å². The summed E-state index contributed by atoms with van der Waals surface area (Å²) in [5.74, 6) is -0.0216. The van der Waals surface area contributed by atoms with E-state index in [4.69, 9.17) is 5.73 Å². The number of aromatic nitrogens is 1. The van der Waals surface area contributed by atoms with E-state index in [1.165, 1.54) is 18.4 Å². The zero-order valence-corrected chi connectivity index (χ0v) is 13.1. The number of nitrogens with two attached hydrogens (primary N) is 1. The van der Waals surface area contributed by atoms with Crippen molar-refractivity contribution in [3.8, 4) is 0 Å². The molecule has 1 aliphatic carbocycles. The molecule has 3 rings (SSSR count). The van der Waals surface area contributed by atoms with Gasteiger partial charge in [0.05, 0.1) is 11.6 Å². The Balaban J connectivity index is 0.000000211. The maximum absolute atomic E-state index is 11.5. The molecule has 0 bridgehead atoms. The number of nitrogens with zero attached hydrogens (tertiary/aromatic N) is 1. The Kier molecular flexibility index (Phi) is 6.13. The van der Waals surface area contributed by atoms with Crippen molar-refractivity contribution in [1.29, 1.82) is 0 Å². The molecule has 1 atom stereocenters. The minimum Gasteiger partial charge on any atom is -0.369 e. The molecule has 1 fully saturated rings. The third-order valence-electron chi connectivity index (χ3n) is 4.12. The zero-order chi connectivity index (χ0) is 15.8. The van der Waals surface area contributed by atoms with Gasteiger partial charge in [0.15, 0.2) is 0 Å². The third kappa shape index (κ3) is 4.69. The lowest BCUT2D eigenvalue weighted by Crippen LogP contribution is -2.27. The maximum atomic E-state index is 11.5. The highest BCUT2D eigenvalue weighted by Crippen LogP contribution is 2.36. The number of primary amides is 1. The van der Waals surface area contributed by atoms with E-state index in [-0.39, 0.29) is 11.8 Å². The molecule has 22 heavy (non-hydrogen) atoms. The topological polar surface area (TPSA) is 56.0 Å². The minimum absolute atomic E-state index is 0.186. The molecule has 116 valence electrons. The van der Waals surface area contributed by atoms with E-state index in [0.717, 1.165) is 18.5 Å². The normalized spacial score (nSPS) is 15.7. The highest BCUT2D eigenvalue weighted by Gasteiger charge is 2.31. The number of rotatable bonds is 3. The van der Waals surface area contributed by atoms with Gasteiger partial charge in [-0.15, -0.1) is 0 Å². The number of carbonyl (C=O) groups is 1. The van der Waals surface area contributed by atoms with Crippen molar-refractivity contribution in [2.45, 2.75) is 38.5 Å². The molecular weight excluding hydrogens is 272 g/mol. The molecule has 2 aromatic rings. The first-order valence-electron chi connectivity index (χ1n) is 7.90. The van der Waals surface area contributed by atoms with Crippen molar-refractivity contribution in [1.82, 2.24) is 4.98 Å². The van der Waals surface area contributed by atoms with Crippen LogP contribution in [0.3, 0.4) is 0 Å². The molecule has 0 aliphatic heterocycles. The van der Waals surface area contributed by atoms with E-state index in [1.807, 2.05) is 36.4 Å². The van der Waals surface area contributed by atoms with Gasteiger partial charge < -0.3 is 5.73 Å². The number of pyridine rings is 1. The summed E-state index contributed by atoms with van der Waals surface area (Å²) in [6.45, 7) is 2.08.